The summed E-state index contributed by atoms with van der Waals surface area (Å²) in [6.07, 6.45) is -1.54. The SMILES string of the molecule is CCc1ccc2nc(C3CCC(C(F)(F)F)CC3)[nH]c2c1. The van der Waals surface area contributed by atoms with Crippen molar-refractivity contribution < 1.29 is 13.2 Å². The molecule has 0 aliphatic heterocycles. The molecule has 0 bridgehead atoms. The van der Waals surface area contributed by atoms with Gasteiger partial charge in [-0.3, -0.25) is 0 Å². The van der Waals surface area contributed by atoms with Gasteiger partial charge in [-0.25, -0.2) is 4.98 Å². The Bertz CT molecular complexity index is 622. The number of rotatable bonds is 2. The van der Waals surface area contributed by atoms with Gasteiger partial charge in [0.1, 0.15) is 5.82 Å². The van der Waals surface area contributed by atoms with E-state index in [1.165, 1.54) is 5.56 Å². The highest BCUT2D eigenvalue weighted by atomic mass is 19.4. The minimum atomic E-state index is -4.05. The zero-order chi connectivity index (χ0) is 15.0. The van der Waals surface area contributed by atoms with E-state index in [0.29, 0.717) is 12.8 Å². The van der Waals surface area contributed by atoms with E-state index in [0.717, 1.165) is 23.3 Å². The fourth-order valence-corrected chi connectivity index (χ4v) is 3.18. The van der Waals surface area contributed by atoms with Crippen molar-refractivity contribution in [1.82, 2.24) is 9.97 Å². The molecule has 3 rings (SSSR count). The Morgan fingerprint density at radius 1 is 1.19 bits per heavy atom. The molecule has 0 saturated heterocycles. The zero-order valence-corrected chi connectivity index (χ0v) is 12.0. The molecule has 1 aromatic heterocycles. The van der Waals surface area contributed by atoms with E-state index < -0.39 is 12.1 Å². The lowest BCUT2D eigenvalue weighted by molar-refractivity contribution is -0.182. The van der Waals surface area contributed by atoms with Crippen molar-refractivity contribution in [3.05, 3.63) is 29.6 Å². The number of hydrogen-bond acceptors (Lipinski definition) is 1. The number of nitrogens with one attached hydrogen (secondary N) is 1. The van der Waals surface area contributed by atoms with Crippen LogP contribution in [0.25, 0.3) is 11.0 Å². The van der Waals surface area contributed by atoms with Crippen molar-refractivity contribution in [3.8, 4) is 0 Å². The Labute approximate surface area is 121 Å². The van der Waals surface area contributed by atoms with E-state index in [1.54, 1.807) is 0 Å². The first kappa shape index (κ1) is 14.4. The Hall–Kier alpha value is -1.52. The summed E-state index contributed by atoms with van der Waals surface area (Å²) in [5.41, 5.74) is 3.13. The molecule has 0 radical (unpaired) electrons. The van der Waals surface area contributed by atoms with Crippen molar-refractivity contribution in [1.29, 1.82) is 0 Å². The van der Waals surface area contributed by atoms with Crippen molar-refractivity contribution in [2.45, 2.75) is 51.1 Å². The van der Waals surface area contributed by atoms with Gasteiger partial charge in [-0.1, -0.05) is 13.0 Å². The van der Waals surface area contributed by atoms with Crippen LogP contribution in [-0.2, 0) is 6.42 Å². The summed E-state index contributed by atoms with van der Waals surface area (Å²) in [5.74, 6) is -0.162. The molecule has 5 heteroatoms. The first-order valence-electron chi connectivity index (χ1n) is 7.52. The number of H-pyrrole nitrogens is 1. The van der Waals surface area contributed by atoms with Crippen molar-refractivity contribution >= 4 is 11.0 Å². The predicted molar refractivity (Wildman–Crippen MR) is 76.2 cm³/mol. The summed E-state index contributed by atoms with van der Waals surface area (Å²) < 4.78 is 38.1. The van der Waals surface area contributed by atoms with Crippen molar-refractivity contribution in [3.63, 3.8) is 0 Å². The van der Waals surface area contributed by atoms with Gasteiger partial charge in [0.05, 0.1) is 17.0 Å². The first-order chi connectivity index (χ1) is 9.97. The molecule has 2 nitrogen and oxygen atoms in total. The second-order valence-corrected chi connectivity index (χ2v) is 5.92. The second-order valence-electron chi connectivity index (χ2n) is 5.92. The summed E-state index contributed by atoms with van der Waals surface area (Å²) in [7, 11) is 0. The van der Waals surface area contributed by atoms with Crippen LogP contribution in [0.4, 0.5) is 13.2 Å². The third-order valence-corrected chi connectivity index (χ3v) is 4.55. The van der Waals surface area contributed by atoms with Gasteiger partial charge in [0.15, 0.2) is 0 Å². The van der Waals surface area contributed by atoms with Gasteiger partial charge in [-0.05, 0) is 49.8 Å². The van der Waals surface area contributed by atoms with Crippen LogP contribution < -0.4 is 0 Å². The minimum Gasteiger partial charge on any atom is -0.342 e. The average molecular weight is 296 g/mol. The van der Waals surface area contributed by atoms with Gasteiger partial charge in [0.25, 0.3) is 0 Å². The molecule has 1 heterocycles. The van der Waals surface area contributed by atoms with Gasteiger partial charge in [0, 0.05) is 5.92 Å². The van der Waals surface area contributed by atoms with Crippen LogP contribution in [0.2, 0.25) is 0 Å². The summed E-state index contributed by atoms with van der Waals surface area (Å²) in [6, 6.07) is 6.11. The van der Waals surface area contributed by atoms with Gasteiger partial charge in [-0.2, -0.15) is 13.2 Å². The van der Waals surface area contributed by atoms with Gasteiger partial charge < -0.3 is 4.98 Å². The molecule has 1 aliphatic rings. The number of halogens is 3. The first-order valence-corrected chi connectivity index (χ1v) is 7.52. The molecule has 1 N–H and O–H groups in total. The lowest BCUT2D eigenvalue weighted by atomic mass is 9.81. The molecule has 0 spiro atoms. The summed E-state index contributed by atoms with van der Waals surface area (Å²) in [5, 5.41) is 0. The largest absolute Gasteiger partial charge is 0.391 e. The molecule has 21 heavy (non-hydrogen) atoms. The van der Waals surface area contributed by atoms with Gasteiger partial charge in [-0.15, -0.1) is 0 Å². The quantitative estimate of drug-likeness (QED) is 0.833. The van der Waals surface area contributed by atoms with Crippen LogP contribution in [0.1, 0.15) is 49.9 Å². The van der Waals surface area contributed by atoms with Gasteiger partial charge in [0.2, 0.25) is 0 Å². The Balaban J connectivity index is 1.76. The van der Waals surface area contributed by atoms with E-state index in [1.807, 2.05) is 12.1 Å². The van der Waals surface area contributed by atoms with Gasteiger partial charge >= 0.3 is 6.18 Å². The molecule has 114 valence electrons. The Kier molecular flexibility index (Phi) is 3.68. The third-order valence-electron chi connectivity index (χ3n) is 4.55. The van der Waals surface area contributed by atoms with Crippen LogP contribution in [0, 0.1) is 5.92 Å². The fourth-order valence-electron chi connectivity index (χ4n) is 3.18. The van der Waals surface area contributed by atoms with Crippen molar-refractivity contribution in [2.24, 2.45) is 5.92 Å². The molecule has 0 atom stereocenters. The lowest BCUT2D eigenvalue weighted by Crippen LogP contribution is -2.27. The monoisotopic (exact) mass is 296 g/mol. The average Bonchev–Trinajstić information content (AvgIpc) is 2.89. The number of aromatic amines is 1. The highest BCUT2D eigenvalue weighted by molar-refractivity contribution is 5.76. The predicted octanol–water partition coefficient (Wildman–Crippen LogP) is 4.96. The van der Waals surface area contributed by atoms with Crippen LogP contribution in [0.15, 0.2) is 18.2 Å². The zero-order valence-electron chi connectivity index (χ0n) is 12.0. The fraction of sp³-hybridized carbons (Fsp3) is 0.562. The van der Waals surface area contributed by atoms with E-state index in [4.69, 9.17) is 0 Å². The second kappa shape index (κ2) is 5.35. The van der Waals surface area contributed by atoms with E-state index in [9.17, 15) is 13.2 Å². The molecule has 1 aromatic carbocycles. The maximum absolute atomic E-state index is 12.7. The molecule has 1 fully saturated rings. The molecule has 0 unspecified atom stereocenters. The number of imidazole rings is 1. The maximum Gasteiger partial charge on any atom is 0.391 e. The normalized spacial score (nSPS) is 23.6. The molecule has 0 amide bonds. The maximum atomic E-state index is 12.7. The lowest BCUT2D eigenvalue weighted by Gasteiger charge is -2.28. The molecule has 1 aliphatic carbocycles. The number of aryl methyl sites for hydroxylation is 1. The minimum absolute atomic E-state index is 0.126. The molecule has 1 saturated carbocycles. The van der Waals surface area contributed by atoms with E-state index in [-0.39, 0.29) is 18.8 Å². The van der Waals surface area contributed by atoms with Crippen molar-refractivity contribution in [2.75, 3.05) is 0 Å². The molecular weight excluding hydrogens is 277 g/mol. The van der Waals surface area contributed by atoms with E-state index >= 15 is 0 Å². The third kappa shape index (κ3) is 2.92. The molecule has 2 aromatic rings. The Morgan fingerprint density at radius 2 is 1.90 bits per heavy atom. The molecular formula is C16H19F3N2. The topological polar surface area (TPSA) is 28.7 Å². The number of alkyl halides is 3. The smallest absolute Gasteiger partial charge is 0.342 e. The summed E-state index contributed by atoms with van der Waals surface area (Å²) in [4.78, 5) is 7.86. The number of nitrogens with zero attached hydrogens (tertiary/aromatic N) is 1. The van der Waals surface area contributed by atoms with Crippen LogP contribution in [-0.4, -0.2) is 16.1 Å². The number of fused-ring (bicyclic) bond motifs is 1. The number of benzene rings is 1. The van der Waals surface area contributed by atoms with Crippen LogP contribution in [0.5, 0.6) is 0 Å². The Morgan fingerprint density at radius 3 is 2.52 bits per heavy atom. The van der Waals surface area contributed by atoms with E-state index in [2.05, 4.69) is 23.0 Å². The van der Waals surface area contributed by atoms with Crippen LogP contribution in [0.3, 0.4) is 0 Å². The standard InChI is InChI=1S/C16H19F3N2/c1-2-10-3-8-13-14(9-10)21-15(20-13)11-4-6-12(7-5-11)16(17,18)19/h3,8-9,11-12H,2,4-7H2,1H3,(H,20,21). The summed E-state index contributed by atoms with van der Waals surface area (Å²) >= 11 is 0. The van der Waals surface area contributed by atoms with Crippen LogP contribution >= 0.6 is 0 Å². The number of hydrogen-bond donors (Lipinski definition) is 1. The highest BCUT2D eigenvalue weighted by Crippen LogP contribution is 2.42. The highest BCUT2D eigenvalue weighted by Gasteiger charge is 2.41. The number of aromatic nitrogens is 2. The summed E-state index contributed by atoms with van der Waals surface area (Å²) in [6.45, 7) is 2.09.